The zero-order valence-corrected chi connectivity index (χ0v) is 27.1. The van der Waals surface area contributed by atoms with Gasteiger partial charge in [-0.05, 0) is 6.42 Å². The third kappa shape index (κ3) is 10.5. The summed E-state index contributed by atoms with van der Waals surface area (Å²) in [7, 11) is 0. The highest BCUT2D eigenvalue weighted by Crippen LogP contribution is 2.29. The molecule has 266 valence electrons. The standard InChI is InChI=1S/C30H51NO14S/c1-2-3-4-5-6-7-8-9-11-41-28-19(21(35)23(28)37)31-10-13-46-14-12-42-29-26(40)24(38)27(18(16-33)44-29)45-30-25(39)22(36)20(34)17(15-32)43-30/h17-18,20,22,24-27,29-34,36,38-40H,2-16H2,1H3/t17-,18-,20+,22+,24-,25-,26-,27+,29-,30-/m1/s1. The fraction of sp³-hybridized carbons (Fsp3) is 0.867. The lowest BCUT2D eigenvalue weighted by Gasteiger charge is -2.45. The van der Waals surface area contributed by atoms with Crippen molar-refractivity contribution in [2.75, 3.05) is 49.8 Å². The molecule has 0 amide bonds. The molecule has 0 bridgehead atoms. The van der Waals surface area contributed by atoms with Gasteiger partial charge in [0.2, 0.25) is 0 Å². The lowest BCUT2D eigenvalue weighted by atomic mass is 9.97. The fourth-order valence-corrected chi connectivity index (χ4v) is 6.01. The molecule has 0 saturated carbocycles. The summed E-state index contributed by atoms with van der Waals surface area (Å²) in [5.41, 5.74) is -1.00. The van der Waals surface area contributed by atoms with Crippen LogP contribution in [0.3, 0.4) is 0 Å². The van der Waals surface area contributed by atoms with Gasteiger partial charge >= 0.3 is 0 Å². The molecule has 3 rings (SSSR count). The Kier molecular flexibility index (Phi) is 17.1. The van der Waals surface area contributed by atoms with E-state index in [-0.39, 0.29) is 18.0 Å². The Hall–Kier alpha value is -1.41. The predicted molar refractivity (Wildman–Crippen MR) is 168 cm³/mol. The molecular formula is C30H51NO14S. The number of nitrogens with one attached hydrogen (secondary N) is 1. The second-order valence-corrected chi connectivity index (χ2v) is 12.8. The minimum Gasteiger partial charge on any atom is -0.487 e. The molecule has 8 N–H and O–H groups in total. The van der Waals surface area contributed by atoms with Gasteiger partial charge in [0.1, 0.15) is 54.5 Å². The largest absolute Gasteiger partial charge is 0.487 e. The van der Waals surface area contributed by atoms with Crippen molar-refractivity contribution in [3.63, 3.8) is 0 Å². The van der Waals surface area contributed by atoms with Gasteiger partial charge in [0, 0.05) is 18.1 Å². The molecule has 15 nitrogen and oxygen atoms in total. The van der Waals surface area contributed by atoms with Crippen molar-refractivity contribution in [3.8, 4) is 5.75 Å². The first-order valence-electron chi connectivity index (χ1n) is 16.1. The van der Waals surface area contributed by atoms with E-state index >= 15 is 0 Å². The van der Waals surface area contributed by atoms with Crippen LogP contribution in [0.1, 0.15) is 58.3 Å². The highest BCUT2D eigenvalue weighted by atomic mass is 32.2. The number of rotatable bonds is 22. The van der Waals surface area contributed by atoms with Crippen LogP contribution in [0.15, 0.2) is 9.59 Å². The molecule has 2 saturated heterocycles. The minimum atomic E-state index is -1.75. The monoisotopic (exact) mass is 681 g/mol. The SMILES string of the molecule is CCCCCCCCCCOc1c(NCCSCCO[C@@H]2O[C@H](CO)[C@H](O[C@H]3O[C@H](CO)[C@H](O)[C@H](O)[C@H]3O)[C@H](O)[C@H]2O)c(=O)c1=O. The van der Waals surface area contributed by atoms with E-state index in [1.807, 2.05) is 0 Å². The van der Waals surface area contributed by atoms with E-state index in [0.29, 0.717) is 24.7 Å². The van der Waals surface area contributed by atoms with Gasteiger partial charge in [-0.3, -0.25) is 9.59 Å². The maximum absolute atomic E-state index is 12.0. The first-order valence-corrected chi connectivity index (χ1v) is 17.3. The molecule has 0 spiro atoms. The van der Waals surface area contributed by atoms with Gasteiger partial charge in [-0.1, -0.05) is 51.9 Å². The number of anilines is 1. The number of hydrogen-bond acceptors (Lipinski definition) is 16. The summed E-state index contributed by atoms with van der Waals surface area (Å²) in [6.45, 7) is 1.73. The Morgan fingerprint density at radius 3 is 2.02 bits per heavy atom. The molecule has 2 aliphatic rings. The van der Waals surface area contributed by atoms with Crippen LogP contribution in [-0.2, 0) is 18.9 Å². The molecule has 1 aromatic rings. The first kappa shape index (κ1) is 39.0. The summed E-state index contributed by atoms with van der Waals surface area (Å²) < 4.78 is 27.5. The number of unbranched alkanes of at least 4 members (excludes halogenated alkanes) is 7. The molecule has 46 heavy (non-hydrogen) atoms. The average molecular weight is 682 g/mol. The summed E-state index contributed by atoms with van der Waals surface area (Å²) in [5, 5.41) is 73.6. The molecule has 0 aliphatic carbocycles. The molecule has 1 aromatic carbocycles. The van der Waals surface area contributed by atoms with E-state index in [4.69, 9.17) is 23.7 Å². The maximum atomic E-state index is 12.0. The summed E-state index contributed by atoms with van der Waals surface area (Å²) in [6.07, 6.45) is -5.98. The van der Waals surface area contributed by atoms with Gasteiger partial charge in [-0.2, -0.15) is 11.8 Å². The number of hydrogen-bond donors (Lipinski definition) is 8. The number of aliphatic hydroxyl groups excluding tert-OH is 7. The third-order valence-electron chi connectivity index (χ3n) is 8.13. The number of ether oxygens (including phenoxy) is 5. The van der Waals surface area contributed by atoms with Crippen LogP contribution in [0, 0.1) is 0 Å². The van der Waals surface area contributed by atoms with Gasteiger partial charge in [-0.15, -0.1) is 0 Å². The van der Waals surface area contributed by atoms with Crippen molar-refractivity contribution in [2.45, 2.75) is 120 Å². The second-order valence-electron chi connectivity index (χ2n) is 11.6. The Balaban J connectivity index is 1.33. The quantitative estimate of drug-likeness (QED) is 0.0519. The molecule has 2 fully saturated rings. The van der Waals surface area contributed by atoms with E-state index in [1.54, 1.807) is 0 Å². The predicted octanol–water partition coefficient (Wildman–Crippen LogP) is -1.41. The fourth-order valence-electron chi connectivity index (χ4n) is 5.35. The van der Waals surface area contributed by atoms with Crippen molar-refractivity contribution in [3.05, 3.63) is 20.4 Å². The number of aliphatic hydroxyl groups is 7. The van der Waals surface area contributed by atoms with Crippen LogP contribution in [-0.4, -0.2) is 142 Å². The average Bonchev–Trinajstić information content (AvgIpc) is 3.06. The zero-order valence-electron chi connectivity index (χ0n) is 26.3. The molecule has 0 radical (unpaired) electrons. The highest BCUT2D eigenvalue weighted by molar-refractivity contribution is 7.99. The molecule has 16 heteroatoms. The van der Waals surface area contributed by atoms with E-state index < -0.39 is 85.5 Å². The Bertz CT molecular complexity index is 1070. The van der Waals surface area contributed by atoms with Crippen LogP contribution >= 0.6 is 11.8 Å². The van der Waals surface area contributed by atoms with E-state index in [1.165, 1.54) is 43.9 Å². The number of thioether (sulfide) groups is 1. The lowest BCUT2D eigenvalue weighted by Crippen LogP contribution is -2.64. The van der Waals surface area contributed by atoms with Crippen molar-refractivity contribution in [1.29, 1.82) is 0 Å². The summed E-state index contributed by atoms with van der Waals surface area (Å²) in [4.78, 5) is 23.9. The second kappa shape index (κ2) is 20.2. The maximum Gasteiger partial charge on any atom is 0.272 e. The molecule has 2 heterocycles. The first-order chi connectivity index (χ1) is 22.2. The Morgan fingerprint density at radius 2 is 1.35 bits per heavy atom. The normalized spacial score (nSPS) is 31.7. The van der Waals surface area contributed by atoms with E-state index in [0.717, 1.165) is 19.3 Å². The van der Waals surface area contributed by atoms with Gasteiger partial charge in [0.15, 0.2) is 18.3 Å². The highest BCUT2D eigenvalue weighted by Gasteiger charge is 2.50. The topological polar surface area (TPSA) is 234 Å². The molecular weight excluding hydrogens is 630 g/mol. The van der Waals surface area contributed by atoms with Gasteiger partial charge < -0.3 is 64.7 Å². The Labute approximate surface area is 272 Å². The van der Waals surface area contributed by atoms with Crippen LogP contribution in [0.5, 0.6) is 5.75 Å². The van der Waals surface area contributed by atoms with E-state index in [2.05, 4.69) is 12.2 Å². The smallest absolute Gasteiger partial charge is 0.272 e. The third-order valence-corrected chi connectivity index (χ3v) is 9.08. The summed E-state index contributed by atoms with van der Waals surface area (Å²) in [5.74, 6) is 1.10. The van der Waals surface area contributed by atoms with Crippen LogP contribution in [0.25, 0.3) is 0 Å². The van der Waals surface area contributed by atoms with Crippen molar-refractivity contribution in [2.24, 2.45) is 0 Å². The van der Waals surface area contributed by atoms with E-state index in [9.17, 15) is 45.3 Å². The Morgan fingerprint density at radius 1 is 0.717 bits per heavy atom. The van der Waals surface area contributed by atoms with Crippen molar-refractivity contribution < 1.29 is 59.4 Å². The van der Waals surface area contributed by atoms with Crippen LogP contribution in [0.2, 0.25) is 0 Å². The van der Waals surface area contributed by atoms with Gasteiger partial charge in [0.05, 0.1) is 26.4 Å². The molecule has 2 aliphatic heterocycles. The van der Waals surface area contributed by atoms with Crippen LogP contribution in [0.4, 0.5) is 5.69 Å². The van der Waals surface area contributed by atoms with Gasteiger partial charge in [0.25, 0.3) is 10.9 Å². The minimum absolute atomic E-state index is 0.0931. The van der Waals surface area contributed by atoms with Crippen molar-refractivity contribution in [1.82, 2.24) is 0 Å². The molecule has 10 atom stereocenters. The lowest BCUT2D eigenvalue weighted by molar-refractivity contribution is -0.359. The molecule has 0 unspecified atom stereocenters. The van der Waals surface area contributed by atoms with Gasteiger partial charge in [-0.25, -0.2) is 0 Å². The van der Waals surface area contributed by atoms with Crippen LogP contribution < -0.4 is 20.9 Å². The summed E-state index contributed by atoms with van der Waals surface area (Å²) in [6, 6.07) is 0. The summed E-state index contributed by atoms with van der Waals surface area (Å²) >= 11 is 1.46. The van der Waals surface area contributed by atoms with Crippen molar-refractivity contribution >= 4 is 17.4 Å². The zero-order chi connectivity index (χ0) is 33.6. The molecule has 0 aromatic heterocycles.